The summed E-state index contributed by atoms with van der Waals surface area (Å²) in [5.41, 5.74) is 10.5. The lowest BCUT2D eigenvalue weighted by molar-refractivity contribution is -0.137. The van der Waals surface area contributed by atoms with Gasteiger partial charge in [-0.05, 0) is 60.7 Å². The average Bonchev–Trinajstić information content (AvgIpc) is 2.94. The Morgan fingerprint density at radius 1 is 0.732 bits per heavy atom. The molecule has 206 valence electrons. The zero-order chi connectivity index (χ0) is 29.3. The van der Waals surface area contributed by atoms with E-state index in [1.54, 1.807) is 18.2 Å². The Morgan fingerprint density at radius 2 is 1.32 bits per heavy atom. The van der Waals surface area contributed by atoms with Gasteiger partial charge in [0.1, 0.15) is 11.3 Å². The second kappa shape index (κ2) is 10.5. The van der Waals surface area contributed by atoms with Crippen LogP contribution in [-0.4, -0.2) is 11.9 Å². The van der Waals surface area contributed by atoms with E-state index in [-0.39, 0.29) is 44.9 Å². The molecule has 0 aliphatic rings. The van der Waals surface area contributed by atoms with E-state index in [2.05, 4.69) is 0 Å². The van der Waals surface area contributed by atoms with Crippen LogP contribution in [0.3, 0.4) is 0 Å². The molecule has 0 bridgehead atoms. The summed E-state index contributed by atoms with van der Waals surface area (Å²) in [4.78, 5) is 39.0. The largest absolute Gasteiger partial charge is 0.452 e. The lowest BCUT2D eigenvalue weighted by Gasteiger charge is -2.13. The van der Waals surface area contributed by atoms with E-state index in [1.807, 2.05) is 0 Å². The van der Waals surface area contributed by atoms with Gasteiger partial charge in [0.2, 0.25) is 11.2 Å². The van der Waals surface area contributed by atoms with Crippen molar-refractivity contribution in [2.45, 2.75) is 6.18 Å². The predicted molar refractivity (Wildman–Crippen MR) is 145 cm³/mol. The van der Waals surface area contributed by atoms with Crippen LogP contribution in [0.15, 0.2) is 100 Å². The number of nitrogens with two attached hydrogens (primary N) is 2. The van der Waals surface area contributed by atoms with Gasteiger partial charge in [0, 0.05) is 23.0 Å². The summed E-state index contributed by atoms with van der Waals surface area (Å²) >= 11 is 0. The van der Waals surface area contributed by atoms with Crippen molar-refractivity contribution in [1.29, 1.82) is 0 Å². The van der Waals surface area contributed by atoms with Crippen molar-refractivity contribution in [3.8, 4) is 22.8 Å². The van der Waals surface area contributed by atoms with Crippen LogP contribution in [0.1, 0.15) is 26.3 Å². The fraction of sp³-hybridized carbons (Fsp3) is 0.0333. The smallest absolute Gasteiger partial charge is 0.416 e. The minimum Gasteiger partial charge on any atom is -0.452 e. The molecular formula is C30H19F3N2O6. The van der Waals surface area contributed by atoms with Gasteiger partial charge in [-0.3, -0.25) is 4.79 Å². The Bertz CT molecular complexity index is 1860. The molecular weight excluding hydrogens is 541 g/mol. The molecule has 4 aromatic carbocycles. The molecule has 0 aliphatic carbocycles. The molecule has 0 saturated carbocycles. The summed E-state index contributed by atoms with van der Waals surface area (Å²) < 4.78 is 56.2. The number of alkyl halides is 3. The fourth-order valence-electron chi connectivity index (χ4n) is 3.96. The van der Waals surface area contributed by atoms with Crippen molar-refractivity contribution in [2.24, 2.45) is 0 Å². The molecule has 0 fully saturated rings. The number of benzene rings is 4. The monoisotopic (exact) mass is 560 g/mol. The molecule has 5 aromatic rings. The Labute approximate surface area is 229 Å². The molecule has 8 nitrogen and oxygen atoms in total. The number of nitrogen functional groups attached to an aromatic ring is 2. The first-order chi connectivity index (χ1) is 19.5. The summed E-state index contributed by atoms with van der Waals surface area (Å²) in [6.45, 7) is 0. The van der Waals surface area contributed by atoms with E-state index in [9.17, 15) is 27.6 Å². The summed E-state index contributed by atoms with van der Waals surface area (Å²) in [6.07, 6.45) is -4.60. The number of fused-ring (bicyclic) bond motifs is 1. The highest BCUT2D eigenvalue weighted by Crippen LogP contribution is 2.35. The molecule has 4 N–H and O–H groups in total. The van der Waals surface area contributed by atoms with Crippen molar-refractivity contribution in [3.63, 3.8) is 0 Å². The third kappa shape index (κ3) is 5.74. The van der Waals surface area contributed by atoms with Crippen LogP contribution in [0.25, 0.3) is 22.3 Å². The van der Waals surface area contributed by atoms with E-state index >= 15 is 0 Å². The zero-order valence-electron chi connectivity index (χ0n) is 20.9. The first-order valence-corrected chi connectivity index (χ1v) is 11.9. The Balaban J connectivity index is 1.60. The van der Waals surface area contributed by atoms with Gasteiger partial charge < -0.3 is 25.4 Å². The number of ether oxygens (including phenoxy) is 2. The summed E-state index contributed by atoms with van der Waals surface area (Å²) in [5, 5.41) is -0.0419. The van der Waals surface area contributed by atoms with Crippen molar-refractivity contribution < 1.29 is 36.7 Å². The van der Waals surface area contributed by atoms with Crippen LogP contribution in [0.5, 0.6) is 11.5 Å². The Hall–Kier alpha value is -5.58. The molecule has 0 atom stereocenters. The fourth-order valence-corrected chi connectivity index (χ4v) is 3.96. The number of halogens is 3. The molecule has 5 rings (SSSR count). The lowest BCUT2D eigenvalue weighted by Crippen LogP contribution is -2.16. The lowest BCUT2D eigenvalue weighted by atomic mass is 10.1. The van der Waals surface area contributed by atoms with E-state index in [1.165, 1.54) is 48.5 Å². The van der Waals surface area contributed by atoms with Crippen LogP contribution in [-0.2, 0) is 6.18 Å². The van der Waals surface area contributed by atoms with Gasteiger partial charge >= 0.3 is 18.1 Å². The number of carbonyl (C=O) groups excluding carboxylic acids is 2. The van der Waals surface area contributed by atoms with Crippen molar-refractivity contribution in [1.82, 2.24) is 0 Å². The van der Waals surface area contributed by atoms with E-state index in [0.717, 1.165) is 24.3 Å². The van der Waals surface area contributed by atoms with Crippen LogP contribution < -0.4 is 26.4 Å². The molecule has 0 spiro atoms. The second-order valence-electron chi connectivity index (χ2n) is 8.85. The van der Waals surface area contributed by atoms with Crippen LogP contribution in [0, 0.1) is 0 Å². The highest BCUT2D eigenvalue weighted by atomic mass is 19.4. The van der Waals surface area contributed by atoms with Gasteiger partial charge in [-0.15, -0.1) is 0 Å². The minimum atomic E-state index is -4.60. The normalized spacial score (nSPS) is 11.3. The second-order valence-corrected chi connectivity index (χ2v) is 8.85. The van der Waals surface area contributed by atoms with Crippen LogP contribution >= 0.6 is 0 Å². The average molecular weight is 560 g/mol. The molecule has 0 aliphatic heterocycles. The van der Waals surface area contributed by atoms with E-state index in [4.69, 9.17) is 25.4 Å². The molecule has 0 radical (unpaired) electrons. The molecule has 41 heavy (non-hydrogen) atoms. The molecule has 11 heteroatoms. The van der Waals surface area contributed by atoms with Gasteiger partial charge in [-0.2, -0.15) is 13.2 Å². The number of hydrogen-bond acceptors (Lipinski definition) is 8. The Kier molecular flexibility index (Phi) is 6.94. The minimum absolute atomic E-state index is 0.0101. The predicted octanol–water partition coefficient (Wildman–Crippen LogP) is 6.08. The van der Waals surface area contributed by atoms with Crippen LogP contribution in [0.2, 0.25) is 0 Å². The highest BCUT2D eigenvalue weighted by molar-refractivity contribution is 5.94. The van der Waals surface area contributed by atoms with Crippen LogP contribution in [0.4, 0.5) is 24.5 Å². The van der Waals surface area contributed by atoms with Crippen molar-refractivity contribution in [2.75, 3.05) is 11.5 Å². The maximum atomic E-state index is 13.5. The van der Waals surface area contributed by atoms with Gasteiger partial charge in [-0.1, -0.05) is 24.3 Å². The quantitative estimate of drug-likeness (QED) is 0.150. The number of hydrogen-bond donors (Lipinski definition) is 2. The first kappa shape index (κ1) is 27.0. The zero-order valence-corrected chi connectivity index (χ0v) is 20.9. The summed E-state index contributed by atoms with van der Waals surface area (Å²) in [7, 11) is 0. The summed E-state index contributed by atoms with van der Waals surface area (Å²) in [5.74, 6) is -2.52. The van der Waals surface area contributed by atoms with Crippen molar-refractivity contribution >= 4 is 34.3 Å². The van der Waals surface area contributed by atoms with E-state index in [0.29, 0.717) is 5.69 Å². The topological polar surface area (TPSA) is 135 Å². The number of carbonyl (C=O) groups is 2. The molecule has 0 saturated heterocycles. The van der Waals surface area contributed by atoms with Gasteiger partial charge in [0.15, 0.2) is 5.76 Å². The maximum Gasteiger partial charge on any atom is 0.416 e. The van der Waals surface area contributed by atoms with Gasteiger partial charge in [0.25, 0.3) is 0 Å². The third-order valence-electron chi connectivity index (χ3n) is 5.95. The first-order valence-electron chi connectivity index (χ1n) is 11.9. The Morgan fingerprint density at radius 3 is 1.88 bits per heavy atom. The molecule has 0 unspecified atom stereocenters. The molecule has 0 amide bonds. The SMILES string of the molecule is Nc1cccc(C(=O)Oc2ccc3c(=O)c(OC(=O)c4cccc(N)c4)c(-c4ccc(C(F)(F)F)cc4)oc3c2)c1. The maximum absolute atomic E-state index is 13.5. The van der Waals surface area contributed by atoms with Gasteiger partial charge in [-0.25, -0.2) is 9.59 Å². The number of esters is 2. The highest BCUT2D eigenvalue weighted by Gasteiger charge is 2.30. The van der Waals surface area contributed by atoms with Crippen molar-refractivity contribution in [3.05, 3.63) is 118 Å². The van der Waals surface area contributed by atoms with E-state index < -0.39 is 34.9 Å². The molecule has 1 aromatic heterocycles. The number of rotatable bonds is 5. The standard InChI is InChI=1S/C30H19F3N2O6/c31-30(32,33)19-9-7-16(8-10-19)26-27(41-29(38)18-4-2-6-21(35)14-18)25(36)23-12-11-22(15-24(23)40-26)39-28(37)17-3-1-5-20(34)13-17/h1-15H,34-35H2. The van der Waals surface area contributed by atoms with Gasteiger partial charge in [0.05, 0.1) is 22.1 Å². The number of anilines is 2. The third-order valence-corrected chi connectivity index (χ3v) is 5.95. The molecule has 1 heterocycles. The summed E-state index contributed by atoms with van der Waals surface area (Å²) in [6, 6.07) is 19.6.